The molecular formula is C11H14N4O2. The Kier molecular flexibility index (Phi) is 3.69. The highest BCUT2D eigenvalue weighted by atomic mass is 16.5. The summed E-state index contributed by atoms with van der Waals surface area (Å²) in [6, 6.07) is 7.09. The summed E-state index contributed by atoms with van der Waals surface area (Å²) in [7, 11) is 0. The first-order valence-corrected chi connectivity index (χ1v) is 5.26. The topological polar surface area (TPSA) is 88.7 Å². The van der Waals surface area contributed by atoms with Gasteiger partial charge in [0.2, 0.25) is 0 Å². The summed E-state index contributed by atoms with van der Waals surface area (Å²) in [5.41, 5.74) is 9.02. The van der Waals surface area contributed by atoms with E-state index in [0.717, 1.165) is 17.7 Å². The lowest BCUT2D eigenvalue weighted by Crippen LogP contribution is -2.24. The largest absolute Gasteiger partial charge is 0.357 e. The van der Waals surface area contributed by atoms with Crippen molar-refractivity contribution in [3.63, 3.8) is 0 Å². The molecule has 1 aromatic carbocycles. The number of hydrogen-bond acceptors (Lipinski definition) is 4. The molecule has 1 fully saturated rings. The maximum Gasteiger partial charge on any atom is 0.332 e. The molecule has 0 aliphatic carbocycles. The fourth-order valence-corrected chi connectivity index (χ4v) is 1.59. The third-order valence-corrected chi connectivity index (χ3v) is 2.41. The second-order valence-corrected chi connectivity index (χ2v) is 3.65. The zero-order valence-electron chi connectivity index (χ0n) is 9.22. The fourth-order valence-electron chi connectivity index (χ4n) is 1.59. The van der Waals surface area contributed by atoms with Crippen LogP contribution < -0.4 is 16.5 Å². The SMILES string of the molecule is NC(=O)NN=Cc1ccc(C2CNCO2)cc1. The van der Waals surface area contributed by atoms with E-state index in [1.165, 1.54) is 6.21 Å². The van der Waals surface area contributed by atoms with E-state index in [4.69, 9.17) is 10.5 Å². The van der Waals surface area contributed by atoms with Crippen molar-refractivity contribution < 1.29 is 9.53 Å². The van der Waals surface area contributed by atoms with Crippen molar-refractivity contribution in [2.24, 2.45) is 10.8 Å². The second kappa shape index (κ2) is 5.42. The first kappa shape index (κ1) is 11.6. The lowest BCUT2D eigenvalue weighted by molar-refractivity contribution is 0.114. The number of benzene rings is 1. The third kappa shape index (κ3) is 3.27. The van der Waals surface area contributed by atoms with Gasteiger partial charge < -0.3 is 10.5 Å². The molecular weight excluding hydrogens is 220 g/mol. The molecule has 1 aliphatic rings. The summed E-state index contributed by atoms with van der Waals surface area (Å²) in [5.74, 6) is 0. The van der Waals surface area contributed by atoms with E-state index < -0.39 is 6.03 Å². The highest BCUT2D eigenvalue weighted by Crippen LogP contribution is 2.19. The fraction of sp³-hybridized carbons (Fsp3) is 0.273. The first-order valence-electron chi connectivity index (χ1n) is 5.26. The summed E-state index contributed by atoms with van der Waals surface area (Å²) in [6.07, 6.45) is 1.65. The van der Waals surface area contributed by atoms with Crippen molar-refractivity contribution >= 4 is 12.2 Å². The van der Waals surface area contributed by atoms with E-state index in [2.05, 4.69) is 15.8 Å². The quantitative estimate of drug-likeness (QED) is 0.519. The number of amides is 2. The molecule has 0 saturated carbocycles. The Balaban J connectivity index is 1.97. The van der Waals surface area contributed by atoms with Gasteiger partial charge in [0.05, 0.1) is 19.0 Å². The zero-order valence-corrected chi connectivity index (χ0v) is 9.22. The van der Waals surface area contributed by atoms with Crippen LogP contribution in [0.15, 0.2) is 29.4 Å². The summed E-state index contributed by atoms with van der Waals surface area (Å²) in [6.45, 7) is 1.42. The molecule has 6 nitrogen and oxygen atoms in total. The van der Waals surface area contributed by atoms with Crippen LogP contribution in [0, 0.1) is 0 Å². The zero-order chi connectivity index (χ0) is 12.1. The molecule has 0 aromatic heterocycles. The number of carbonyl (C=O) groups is 1. The number of nitrogens with two attached hydrogens (primary N) is 1. The van der Waals surface area contributed by atoms with Gasteiger partial charge in [-0.1, -0.05) is 24.3 Å². The molecule has 2 rings (SSSR count). The number of nitrogens with one attached hydrogen (secondary N) is 2. The summed E-state index contributed by atoms with van der Waals surface area (Å²) in [4.78, 5) is 10.4. The number of carbonyl (C=O) groups excluding carboxylic acids is 1. The number of hydrogen-bond donors (Lipinski definition) is 3. The van der Waals surface area contributed by atoms with E-state index in [0.29, 0.717) is 6.73 Å². The molecule has 1 aromatic rings. The highest BCUT2D eigenvalue weighted by Gasteiger charge is 2.16. The predicted molar refractivity (Wildman–Crippen MR) is 63.5 cm³/mol. The van der Waals surface area contributed by atoms with Gasteiger partial charge in [0.15, 0.2) is 0 Å². The average molecular weight is 234 g/mol. The Labute approximate surface area is 98.8 Å². The van der Waals surface area contributed by atoms with Crippen LogP contribution in [-0.4, -0.2) is 25.5 Å². The lowest BCUT2D eigenvalue weighted by Gasteiger charge is -2.08. The number of primary amides is 1. The third-order valence-electron chi connectivity index (χ3n) is 2.41. The van der Waals surface area contributed by atoms with E-state index in [-0.39, 0.29) is 6.10 Å². The van der Waals surface area contributed by atoms with Crippen molar-refractivity contribution in [3.8, 4) is 0 Å². The Hall–Kier alpha value is -1.92. The van der Waals surface area contributed by atoms with Crippen LogP contribution in [0.1, 0.15) is 17.2 Å². The molecule has 90 valence electrons. The minimum absolute atomic E-state index is 0.115. The lowest BCUT2D eigenvalue weighted by atomic mass is 10.1. The summed E-state index contributed by atoms with van der Waals surface area (Å²) >= 11 is 0. The van der Waals surface area contributed by atoms with Crippen LogP contribution >= 0.6 is 0 Å². The van der Waals surface area contributed by atoms with Gasteiger partial charge in [-0.2, -0.15) is 5.10 Å². The van der Waals surface area contributed by atoms with E-state index in [1.807, 2.05) is 24.3 Å². The monoisotopic (exact) mass is 234 g/mol. The van der Waals surface area contributed by atoms with Crippen molar-refractivity contribution in [1.82, 2.24) is 10.7 Å². The number of rotatable bonds is 3. The minimum Gasteiger partial charge on any atom is -0.357 e. The molecule has 17 heavy (non-hydrogen) atoms. The Morgan fingerprint density at radius 3 is 2.88 bits per heavy atom. The second-order valence-electron chi connectivity index (χ2n) is 3.65. The molecule has 0 spiro atoms. The Morgan fingerprint density at radius 1 is 1.53 bits per heavy atom. The van der Waals surface area contributed by atoms with Crippen molar-refractivity contribution in [2.45, 2.75) is 6.10 Å². The summed E-state index contributed by atoms with van der Waals surface area (Å²) in [5, 5.41) is 6.80. The molecule has 4 N–H and O–H groups in total. The van der Waals surface area contributed by atoms with Crippen LogP contribution in [0.5, 0.6) is 0 Å². The molecule has 1 aliphatic heterocycles. The molecule has 6 heteroatoms. The maximum atomic E-state index is 10.4. The van der Waals surface area contributed by atoms with Crippen LogP contribution in [0.4, 0.5) is 4.79 Å². The number of ether oxygens (including phenoxy) is 1. The van der Waals surface area contributed by atoms with E-state index in [9.17, 15) is 4.79 Å². The van der Waals surface area contributed by atoms with Gasteiger partial charge in [-0.05, 0) is 11.1 Å². The van der Waals surface area contributed by atoms with Crippen molar-refractivity contribution in [1.29, 1.82) is 0 Å². The van der Waals surface area contributed by atoms with E-state index in [1.54, 1.807) is 0 Å². The van der Waals surface area contributed by atoms with Gasteiger partial charge in [0.25, 0.3) is 0 Å². The van der Waals surface area contributed by atoms with Crippen LogP contribution in [0.25, 0.3) is 0 Å². The van der Waals surface area contributed by atoms with Crippen molar-refractivity contribution in [3.05, 3.63) is 35.4 Å². The number of hydrazone groups is 1. The minimum atomic E-state index is -0.677. The van der Waals surface area contributed by atoms with Crippen molar-refractivity contribution in [2.75, 3.05) is 13.3 Å². The molecule has 1 atom stereocenters. The Bertz CT molecular complexity index is 410. The molecule has 0 radical (unpaired) electrons. The van der Waals surface area contributed by atoms with Crippen LogP contribution in [-0.2, 0) is 4.74 Å². The van der Waals surface area contributed by atoms with Crippen LogP contribution in [0.3, 0.4) is 0 Å². The van der Waals surface area contributed by atoms with Gasteiger partial charge >= 0.3 is 6.03 Å². The Morgan fingerprint density at radius 2 is 2.29 bits per heavy atom. The predicted octanol–water partition coefficient (Wildman–Crippen LogP) is 0.307. The molecule has 1 heterocycles. The number of nitrogens with zero attached hydrogens (tertiary/aromatic N) is 1. The van der Waals surface area contributed by atoms with Crippen LogP contribution in [0.2, 0.25) is 0 Å². The van der Waals surface area contributed by atoms with Gasteiger partial charge in [0.1, 0.15) is 0 Å². The van der Waals surface area contributed by atoms with Gasteiger partial charge in [-0.25, -0.2) is 10.2 Å². The molecule has 1 saturated heterocycles. The van der Waals surface area contributed by atoms with Gasteiger partial charge in [-0.3, -0.25) is 5.32 Å². The van der Waals surface area contributed by atoms with Gasteiger partial charge in [0, 0.05) is 6.54 Å². The first-order chi connectivity index (χ1) is 8.25. The smallest absolute Gasteiger partial charge is 0.332 e. The average Bonchev–Trinajstić information content (AvgIpc) is 2.83. The molecule has 1 unspecified atom stereocenters. The maximum absolute atomic E-state index is 10.4. The standard InChI is InChI=1S/C11H14N4O2/c12-11(16)15-14-5-8-1-3-9(4-2-8)10-6-13-7-17-10/h1-5,10,13H,6-7H2,(H3,12,15,16). The summed E-state index contributed by atoms with van der Waals surface area (Å²) < 4.78 is 5.47. The van der Waals surface area contributed by atoms with Gasteiger partial charge in [-0.15, -0.1) is 0 Å². The normalized spacial score (nSPS) is 19.6. The molecule has 0 bridgehead atoms. The number of urea groups is 1. The molecule has 2 amide bonds. The van der Waals surface area contributed by atoms with E-state index >= 15 is 0 Å². The highest BCUT2D eigenvalue weighted by molar-refractivity contribution is 5.81.